The van der Waals surface area contributed by atoms with Crippen molar-refractivity contribution in [3.05, 3.63) is 78.1 Å². The van der Waals surface area contributed by atoms with Crippen LogP contribution in [0.2, 0.25) is 0 Å². The first-order chi connectivity index (χ1) is 16.9. The summed E-state index contributed by atoms with van der Waals surface area (Å²) in [6.07, 6.45) is 5.04. The maximum Gasteiger partial charge on any atom is 0.278 e. The molecule has 5 aromatic rings. The van der Waals surface area contributed by atoms with Crippen LogP contribution < -0.4 is 10.6 Å². The quantitative estimate of drug-likeness (QED) is 0.394. The smallest absolute Gasteiger partial charge is 0.278 e. The molecule has 4 heterocycles. The number of para-hydroxylation sites is 1. The summed E-state index contributed by atoms with van der Waals surface area (Å²) in [5.74, 6) is -0.904. The third-order valence-corrected chi connectivity index (χ3v) is 5.68. The van der Waals surface area contributed by atoms with Gasteiger partial charge in [-0.2, -0.15) is 15.3 Å². The summed E-state index contributed by atoms with van der Waals surface area (Å²) in [7, 11) is 1.86. The lowest BCUT2D eigenvalue weighted by Crippen LogP contribution is -2.18. The number of nitrogens with zero attached hydrogens (tertiary/aromatic N) is 7. The van der Waals surface area contributed by atoms with Crippen LogP contribution in [0.15, 0.2) is 61.1 Å². The molecule has 0 aliphatic carbocycles. The average Bonchev–Trinajstić information content (AvgIpc) is 3.57. The van der Waals surface area contributed by atoms with Gasteiger partial charge in [-0.15, -0.1) is 0 Å². The second-order valence-corrected chi connectivity index (χ2v) is 7.92. The molecule has 0 spiro atoms. The highest BCUT2D eigenvalue weighted by atomic mass is 16.2. The zero-order chi connectivity index (χ0) is 24.5. The number of hydrogen-bond donors (Lipinski definition) is 2. The topological polar surface area (TPSA) is 124 Å². The van der Waals surface area contributed by atoms with Gasteiger partial charge >= 0.3 is 0 Å². The van der Waals surface area contributed by atoms with Gasteiger partial charge in [0.05, 0.1) is 17.6 Å². The highest BCUT2D eigenvalue weighted by Crippen LogP contribution is 2.24. The number of benzene rings is 1. The summed E-state index contributed by atoms with van der Waals surface area (Å²) < 4.78 is 4.97. The molecule has 0 aliphatic rings. The SMILES string of the molecule is CCn1cc(NC(=O)c2cc3nccc(-c4cnn(C)c4C)n3n2)c(C(=O)Nc2ccccc2)n1. The number of aryl methyl sites for hydroxylation is 2. The summed E-state index contributed by atoms with van der Waals surface area (Å²) in [6.45, 7) is 4.39. The molecule has 0 bridgehead atoms. The minimum atomic E-state index is -0.478. The Bertz CT molecular complexity index is 1550. The van der Waals surface area contributed by atoms with Crippen molar-refractivity contribution < 1.29 is 9.59 Å². The molecule has 176 valence electrons. The van der Waals surface area contributed by atoms with E-state index in [-0.39, 0.29) is 11.4 Å². The summed E-state index contributed by atoms with van der Waals surface area (Å²) in [6, 6.07) is 12.5. The van der Waals surface area contributed by atoms with Crippen molar-refractivity contribution in [1.82, 2.24) is 34.2 Å². The van der Waals surface area contributed by atoms with Gasteiger partial charge in [0, 0.05) is 49.0 Å². The van der Waals surface area contributed by atoms with Crippen LogP contribution in [-0.2, 0) is 13.6 Å². The molecule has 0 saturated heterocycles. The second-order valence-electron chi connectivity index (χ2n) is 7.92. The largest absolute Gasteiger partial charge is 0.321 e. The van der Waals surface area contributed by atoms with E-state index in [0.717, 1.165) is 17.0 Å². The van der Waals surface area contributed by atoms with Crippen LogP contribution in [0.5, 0.6) is 0 Å². The Labute approximate surface area is 200 Å². The molecule has 11 heteroatoms. The molecule has 35 heavy (non-hydrogen) atoms. The van der Waals surface area contributed by atoms with Gasteiger partial charge in [-0.25, -0.2) is 9.50 Å². The molecule has 0 fully saturated rings. The molecule has 0 radical (unpaired) electrons. The van der Waals surface area contributed by atoms with Gasteiger partial charge in [-0.05, 0) is 32.0 Å². The van der Waals surface area contributed by atoms with E-state index in [1.54, 1.807) is 50.7 Å². The van der Waals surface area contributed by atoms with Crippen molar-refractivity contribution in [2.75, 3.05) is 10.6 Å². The van der Waals surface area contributed by atoms with Crippen molar-refractivity contribution in [2.24, 2.45) is 7.05 Å². The minimum Gasteiger partial charge on any atom is -0.321 e. The molecule has 0 atom stereocenters. The standard InChI is InChI=1S/C24H23N9O2/c1-4-32-14-19(22(30-32)24(35)27-16-8-6-5-7-9-16)28-23(34)18-12-21-25-11-10-20(33(21)29-18)17-13-26-31(3)15(17)2/h5-14H,4H2,1-3H3,(H,27,35)(H,28,34). The zero-order valence-electron chi connectivity index (χ0n) is 19.4. The van der Waals surface area contributed by atoms with E-state index >= 15 is 0 Å². The van der Waals surface area contributed by atoms with Gasteiger partial charge in [-0.3, -0.25) is 19.0 Å². The second kappa shape index (κ2) is 8.86. The number of nitrogens with one attached hydrogen (secondary N) is 2. The Morgan fingerprint density at radius 1 is 1.03 bits per heavy atom. The molecule has 4 aromatic heterocycles. The molecular formula is C24H23N9O2. The van der Waals surface area contributed by atoms with E-state index in [4.69, 9.17) is 0 Å². The maximum absolute atomic E-state index is 13.1. The lowest BCUT2D eigenvalue weighted by molar-refractivity contribution is 0.102. The normalized spacial score (nSPS) is 11.1. The van der Waals surface area contributed by atoms with Crippen molar-refractivity contribution in [3.63, 3.8) is 0 Å². The number of fused-ring (bicyclic) bond motifs is 1. The van der Waals surface area contributed by atoms with E-state index in [0.29, 0.717) is 23.6 Å². The summed E-state index contributed by atoms with van der Waals surface area (Å²) >= 11 is 0. The molecular weight excluding hydrogens is 446 g/mol. The van der Waals surface area contributed by atoms with Crippen molar-refractivity contribution in [1.29, 1.82) is 0 Å². The number of carbonyl (C=O) groups excluding carboxylic acids is 2. The third-order valence-electron chi connectivity index (χ3n) is 5.68. The fourth-order valence-electron chi connectivity index (χ4n) is 3.70. The molecule has 0 aliphatic heterocycles. The van der Waals surface area contributed by atoms with Crippen LogP contribution in [0.3, 0.4) is 0 Å². The Kier molecular flexibility index (Phi) is 5.57. The molecule has 11 nitrogen and oxygen atoms in total. The maximum atomic E-state index is 13.1. The Morgan fingerprint density at radius 3 is 2.54 bits per heavy atom. The molecule has 2 amide bonds. The van der Waals surface area contributed by atoms with Gasteiger partial charge in [0.25, 0.3) is 11.8 Å². The van der Waals surface area contributed by atoms with Crippen LogP contribution in [0.25, 0.3) is 16.9 Å². The van der Waals surface area contributed by atoms with Crippen LogP contribution in [0, 0.1) is 6.92 Å². The number of anilines is 2. The lowest BCUT2D eigenvalue weighted by Gasteiger charge is -2.05. The fourth-order valence-corrected chi connectivity index (χ4v) is 3.70. The Balaban J connectivity index is 1.44. The fraction of sp³-hybridized carbons (Fsp3) is 0.167. The van der Waals surface area contributed by atoms with Crippen LogP contribution >= 0.6 is 0 Å². The van der Waals surface area contributed by atoms with Crippen LogP contribution in [-0.4, -0.2) is 46.0 Å². The van der Waals surface area contributed by atoms with Gasteiger partial charge in [-0.1, -0.05) is 18.2 Å². The minimum absolute atomic E-state index is 0.109. The van der Waals surface area contributed by atoms with Crippen molar-refractivity contribution >= 4 is 28.8 Å². The van der Waals surface area contributed by atoms with E-state index in [1.807, 2.05) is 45.2 Å². The van der Waals surface area contributed by atoms with E-state index in [1.165, 1.54) is 0 Å². The van der Waals surface area contributed by atoms with Crippen molar-refractivity contribution in [2.45, 2.75) is 20.4 Å². The first kappa shape index (κ1) is 22.0. The predicted octanol–water partition coefficient (Wildman–Crippen LogP) is 3.16. The summed E-state index contributed by atoms with van der Waals surface area (Å²) in [5.41, 5.74) is 4.31. The number of amides is 2. The summed E-state index contributed by atoms with van der Waals surface area (Å²) in [4.78, 5) is 30.4. The van der Waals surface area contributed by atoms with Gasteiger partial charge < -0.3 is 10.6 Å². The van der Waals surface area contributed by atoms with E-state index in [2.05, 4.69) is 30.9 Å². The molecule has 0 unspecified atom stereocenters. The van der Waals surface area contributed by atoms with Crippen LogP contribution in [0.1, 0.15) is 33.6 Å². The number of hydrogen-bond acceptors (Lipinski definition) is 6. The summed E-state index contributed by atoms with van der Waals surface area (Å²) in [5, 5.41) is 18.7. The van der Waals surface area contributed by atoms with E-state index < -0.39 is 11.8 Å². The Morgan fingerprint density at radius 2 is 1.83 bits per heavy atom. The first-order valence-electron chi connectivity index (χ1n) is 11.0. The number of aromatic nitrogens is 7. The molecule has 5 rings (SSSR count). The predicted molar refractivity (Wildman–Crippen MR) is 130 cm³/mol. The molecule has 0 saturated carbocycles. The van der Waals surface area contributed by atoms with Gasteiger partial charge in [0.15, 0.2) is 17.0 Å². The van der Waals surface area contributed by atoms with Crippen molar-refractivity contribution in [3.8, 4) is 11.3 Å². The Hall–Kier alpha value is -4.80. The number of rotatable bonds is 6. The van der Waals surface area contributed by atoms with Gasteiger partial charge in [0.2, 0.25) is 0 Å². The zero-order valence-corrected chi connectivity index (χ0v) is 19.4. The molecule has 1 aromatic carbocycles. The lowest BCUT2D eigenvalue weighted by atomic mass is 10.2. The van der Waals surface area contributed by atoms with Gasteiger partial charge in [0.1, 0.15) is 0 Å². The highest BCUT2D eigenvalue weighted by molar-refractivity contribution is 6.11. The first-order valence-corrected chi connectivity index (χ1v) is 11.0. The molecule has 2 N–H and O–H groups in total. The van der Waals surface area contributed by atoms with E-state index in [9.17, 15) is 9.59 Å². The monoisotopic (exact) mass is 469 g/mol. The average molecular weight is 470 g/mol. The van der Waals surface area contributed by atoms with Crippen LogP contribution in [0.4, 0.5) is 11.4 Å². The number of carbonyl (C=O) groups is 2. The third kappa shape index (κ3) is 4.14. The highest BCUT2D eigenvalue weighted by Gasteiger charge is 2.22.